The van der Waals surface area contributed by atoms with Crippen LogP contribution in [0.5, 0.6) is 0 Å². The van der Waals surface area contributed by atoms with Crippen LogP contribution in [-0.2, 0) is 0 Å². The average Bonchev–Trinajstić information content (AvgIpc) is 2.62. The Hall–Kier alpha value is -1.20. The Bertz CT molecular complexity index is 529. The number of thiophene rings is 1. The summed E-state index contributed by atoms with van der Waals surface area (Å²) < 4.78 is 1.19. The highest BCUT2D eigenvalue weighted by molar-refractivity contribution is 7.18. The van der Waals surface area contributed by atoms with Gasteiger partial charge in [0.1, 0.15) is 12.1 Å². The van der Waals surface area contributed by atoms with Crippen molar-refractivity contribution in [1.82, 2.24) is 15.3 Å². The highest BCUT2D eigenvalue weighted by atomic mass is 32.1. The van der Waals surface area contributed by atoms with Crippen molar-refractivity contribution in [3.63, 3.8) is 0 Å². The molecule has 1 saturated heterocycles. The van der Waals surface area contributed by atoms with Gasteiger partial charge in [0.2, 0.25) is 0 Å². The average molecular weight is 262 g/mol. The van der Waals surface area contributed by atoms with Crippen LogP contribution in [0.3, 0.4) is 0 Å². The van der Waals surface area contributed by atoms with Gasteiger partial charge in [-0.15, -0.1) is 11.3 Å². The van der Waals surface area contributed by atoms with Crippen molar-refractivity contribution in [2.45, 2.75) is 32.2 Å². The van der Waals surface area contributed by atoms with Crippen molar-refractivity contribution in [1.29, 1.82) is 0 Å². The first-order valence-electron chi connectivity index (χ1n) is 6.50. The number of hydrogen-bond acceptors (Lipinski definition) is 5. The summed E-state index contributed by atoms with van der Waals surface area (Å²) >= 11 is 1.73. The third-order valence-corrected chi connectivity index (χ3v) is 4.54. The van der Waals surface area contributed by atoms with Gasteiger partial charge >= 0.3 is 0 Å². The zero-order valence-electron chi connectivity index (χ0n) is 10.6. The van der Waals surface area contributed by atoms with Gasteiger partial charge in [-0.1, -0.05) is 0 Å². The number of hydrogen-bond donors (Lipinski definition) is 2. The molecule has 4 nitrogen and oxygen atoms in total. The minimum absolute atomic E-state index is 0.528. The quantitative estimate of drug-likeness (QED) is 0.873. The lowest BCUT2D eigenvalue weighted by Crippen LogP contribution is -2.22. The predicted molar refractivity (Wildman–Crippen MR) is 76.3 cm³/mol. The molecule has 0 aromatic carbocycles. The highest BCUT2D eigenvalue weighted by Crippen LogP contribution is 2.29. The summed E-state index contributed by atoms with van der Waals surface area (Å²) in [6.45, 7) is 4.33. The van der Waals surface area contributed by atoms with Gasteiger partial charge in [-0.2, -0.15) is 0 Å². The number of rotatable bonds is 2. The number of aromatic nitrogens is 2. The zero-order chi connectivity index (χ0) is 12.4. The molecular weight excluding hydrogens is 244 g/mol. The summed E-state index contributed by atoms with van der Waals surface area (Å²) in [6, 6.07) is 0.528. The van der Waals surface area contributed by atoms with Crippen LogP contribution in [0.15, 0.2) is 11.7 Å². The number of fused-ring (bicyclic) bond motifs is 1. The summed E-state index contributed by atoms with van der Waals surface area (Å²) in [4.78, 5) is 8.77. The van der Waals surface area contributed by atoms with Crippen molar-refractivity contribution in [3.05, 3.63) is 17.3 Å². The number of aryl methyl sites for hydroxylation is 1. The van der Waals surface area contributed by atoms with E-state index in [-0.39, 0.29) is 0 Å². The van der Waals surface area contributed by atoms with Crippen LogP contribution in [-0.4, -0.2) is 29.1 Å². The van der Waals surface area contributed by atoms with E-state index in [0.29, 0.717) is 6.04 Å². The second-order valence-corrected chi connectivity index (χ2v) is 5.72. The van der Waals surface area contributed by atoms with E-state index in [2.05, 4.69) is 32.9 Å². The molecular formula is C13H18N4S. The minimum atomic E-state index is 0.528. The lowest BCUT2D eigenvalue weighted by atomic mass is 10.1. The molecule has 1 aliphatic rings. The molecule has 96 valence electrons. The van der Waals surface area contributed by atoms with Crippen LogP contribution in [0.25, 0.3) is 10.2 Å². The molecule has 1 unspecified atom stereocenters. The Balaban J connectivity index is 1.85. The summed E-state index contributed by atoms with van der Waals surface area (Å²) in [5, 5.41) is 9.18. The maximum Gasteiger partial charge on any atom is 0.147 e. The van der Waals surface area contributed by atoms with Crippen molar-refractivity contribution >= 4 is 27.4 Å². The first kappa shape index (κ1) is 11.9. The van der Waals surface area contributed by atoms with Crippen LogP contribution in [0.1, 0.15) is 24.8 Å². The van der Waals surface area contributed by atoms with Crippen molar-refractivity contribution in [2.75, 3.05) is 18.4 Å². The molecule has 1 atom stereocenters. The van der Waals surface area contributed by atoms with Gasteiger partial charge in [0.25, 0.3) is 0 Å². The molecule has 0 amide bonds. The Morgan fingerprint density at radius 3 is 3.22 bits per heavy atom. The van der Waals surface area contributed by atoms with Crippen molar-refractivity contribution in [3.8, 4) is 0 Å². The van der Waals surface area contributed by atoms with Gasteiger partial charge in [0.05, 0.1) is 10.2 Å². The van der Waals surface area contributed by atoms with E-state index >= 15 is 0 Å². The molecule has 2 aromatic heterocycles. The van der Waals surface area contributed by atoms with Crippen LogP contribution < -0.4 is 10.6 Å². The molecule has 18 heavy (non-hydrogen) atoms. The maximum absolute atomic E-state index is 4.41. The Kier molecular flexibility index (Phi) is 3.43. The maximum atomic E-state index is 4.41. The molecule has 5 heteroatoms. The summed E-state index contributed by atoms with van der Waals surface area (Å²) in [5.74, 6) is 1.00. The third kappa shape index (κ3) is 2.33. The van der Waals surface area contributed by atoms with Crippen LogP contribution in [0, 0.1) is 6.92 Å². The van der Waals surface area contributed by atoms with Crippen molar-refractivity contribution in [2.24, 2.45) is 0 Å². The summed E-state index contributed by atoms with van der Waals surface area (Å²) in [5.41, 5.74) is 2.33. The third-order valence-electron chi connectivity index (χ3n) is 3.45. The van der Waals surface area contributed by atoms with Gasteiger partial charge in [-0.05, 0) is 50.2 Å². The molecule has 0 radical (unpaired) electrons. The standard InChI is InChI=1S/C13H18N4S/c1-9-7-18-12-11(9)15-8-16-13(12)17-10-3-2-5-14-6-4-10/h7-8,10,14H,2-6H2,1H3,(H,15,16,17). The zero-order valence-corrected chi connectivity index (χ0v) is 11.4. The molecule has 3 heterocycles. The molecule has 1 aliphatic heterocycles. The van der Waals surface area contributed by atoms with Gasteiger partial charge in [-0.25, -0.2) is 9.97 Å². The molecule has 3 rings (SSSR count). The largest absolute Gasteiger partial charge is 0.366 e. The highest BCUT2D eigenvalue weighted by Gasteiger charge is 2.14. The normalized spacial score (nSPS) is 20.8. The molecule has 2 N–H and O–H groups in total. The Morgan fingerprint density at radius 1 is 1.33 bits per heavy atom. The van der Waals surface area contributed by atoms with E-state index in [0.717, 1.165) is 30.8 Å². The second kappa shape index (κ2) is 5.20. The number of anilines is 1. The summed E-state index contributed by atoms with van der Waals surface area (Å²) in [6.07, 6.45) is 5.27. The molecule has 1 fully saturated rings. The van der Waals surface area contributed by atoms with Crippen molar-refractivity contribution < 1.29 is 0 Å². The number of nitrogens with one attached hydrogen (secondary N) is 2. The van der Waals surface area contributed by atoms with E-state index in [1.807, 2.05) is 0 Å². The fourth-order valence-electron chi connectivity index (χ4n) is 2.43. The first-order chi connectivity index (χ1) is 8.84. The summed E-state index contributed by atoms with van der Waals surface area (Å²) in [7, 11) is 0. The molecule has 0 saturated carbocycles. The molecule has 0 aliphatic carbocycles. The fraction of sp³-hybridized carbons (Fsp3) is 0.538. The first-order valence-corrected chi connectivity index (χ1v) is 7.38. The van der Waals surface area contributed by atoms with E-state index in [9.17, 15) is 0 Å². The Labute approximate surface area is 111 Å². The second-order valence-electron chi connectivity index (χ2n) is 4.84. The van der Waals surface area contributed by atoms with Gasteiger partial charge in [0.15, 0.2) is 0 Å². The van der Waals surface area contributed by atoms with Crippen LogP contribution >= 0.6 is 11.3 Å². The van der Waals surface area contributed by atoms with Gasteiger partial charge < -0.3 is 10.6 Å². The SMILES string of the molecule is Cc1csc2c(NC3CCCNCC3)ncnc12. The predicted octanol–water partition coefficient (Wildman–Crippen LogP) is 2.55. The van der Waals surface area contributed by atoms with E-state index < -0.39 is 0 Å². The van der Waals surface area contributed by atoms with Gasteiger partial charge in [-0.3, -0.25) is 0 Å². The van der Waals surface area contributed by atoms with E-state index in [1.165, 1.54) is 23.1 Å². The lowest BCUT2D eigenvalue weighted by molar-refractivity contribution is 0.636. The Morgan fingerprint density at radius 2 is 2.28 bits per heavy atom. The molecule has 0 bridgehead atoms. The minimum Gasteiger partial charge on any atom is -0.366 e. The fourth-order valence-corrected chi connectivity index (χ4v) is 3.38. The number of nitrogens with zero attached hydrogens (tertiary/aromatic N) is 2. The molecule has 0 spiro atoms. The van der Waals surface area contributed by atoms with E-state index in [4.69, 9.17) is 0 Å². The monoisotopic (exact) mass is 262 g/mol. The van der Waals surface area contributed by atoms with Crippen LogP contribution in [0.4, 0.5) is 5.82 Å². The van der Waals surface area contributed by atoms with Gasteiger partial charge in [0, 0.05) is 6.04 Å². The topological polar surface area (TPSA) is 49.8 Å². The smallest absolute Gasteiger partial charge is 0.147 e. The lowest BCUT2D eigenvalue weighted by Gasteiger charge is -2.16. The van der Waals surface area contributed by atoms with Crippen LogP contribution in [0.2, 0.25) is 0 Å². The molecule has 2 aromatic rings. The van der Waals surface area contributed by atoms with E-state index in [1.54, 1.807) is 17.7 Å².